The molecule has 2 rings (SSSR count). The second kappa shape index (κ2) is 17.4. The lowest BCUT2D eigenvalue weighted by Crippen LogP contribution is -2.57. The van der Waals surface area contributed by atoms with Crippen molar-refractivity contribution in [2.24, 2.45) is 11.5 Å². The van der Waals surface area contributed by atoms with Crippen molar-refractivity contribution in [2.75, 3.05) is 13.1 Å². The Bertz CT molecular complexity index is 1270. The molecule has 3 amide bonds. The quantitative estimate of drug-likeness (QED) is 0.147. The summed E-state index contributed by atoms with van der Waals surface area (Å²) >= 11 is 0. The molecule has 11 nitrogen and oxygen atoms in total. The summed E-state index contributed by atoms with van der Waals surface area (Å²) in [6.07, 6.45) is 3.28. The fourth-order valence-electron chi connectivity index (χ4n) is 4.51. The molecular formula is C30H43N5O6S. The highest BCUT2D eigenvalue weighted by Gasteiger charge is 2.39. The molecule has 230 valence electrons. The van der Waals surface area contributed by atoms with Gasteiger partial charge in [-0.3, -0.25) is 14.4 Å². The Morgan fingerprint density at radius 3 is 2.00 bits per heavy atom. The van der Waals surface area contributed by atoms with Crippen molar-refractivity contribution >= 4 is 34.0 Å². The molecular weight excluding hydrogens is 558 g/mol. The molecule has 42 heavy (non-hydrogen) atoms. The summed E-state index contributed by atoms with van der Waals surface area (Å²) in [5.74, 6) is -2.25. The number of sulfonamides is 1. The lowest BCUT2D eigenvalue weighted by molar-refractivity contribution is -0.136. The van der Waals surface area contributed by atoms with Gasteiger partial charge in [0.15, 0.2) is 0 Å². The number of carbonyl (C=O) groups excluding carboxylic acids is 4. The first-order valence-corrected chi connectivity index (χ1v) is 15.6. The molecule has 0 aliphatic rings. The van der Waals surface area contributed by atoms with Gasteiger partial charge in [-0.25, -0.2) is 12.7 Å². The molecule has 0 heterocycles. The Balaban J connectivity index is 2.43. The van der Waals surface area contributed by atoms with E-state index >= 15 is 0 Å². The smallest absolute Gasteiger partial charge is 0.267 e. The van der Waals surface area contributed by atoms with Crippen molar-refractivity contribution in [3.63, 3.8) is 0 Å². The van der Waals surface area contributed by atoms with Gasteiger partial charge in [0.25, 0.3) is 10.0 Å². The number of unbranched alkanes of at least 4 members (excludes halogenated alkanes) is 2. The Hall–Kier alpha value is -3.61. The Morgan fingerprint density at radius 2 is 1.45 bits per heavy atom. The van der Waals surface area contributed by atoms with Crippen LogP contribution in [0.15, 0.2) is 59.5 Å². The van der Waals surface area contributed by atoms with Crippen LogP contribution >= 0.6 is 0 Å². The fraction of sp³-hybridized carbons (Fsp3) is 0.467. The third kappa shape index (κ3) is 10.3. The van der Waals surface area contributed by atoms with Crippen molar-refractivity contribution in [2.45, 2.75) is 81.8 Å². The number of nitrogens with two attached hydrogens (primary N) is 2. The molecule has 6 N–H and O–H groups in total. The van der Waals surface area contributed by atoms with Crippen LogP contribution in [0.1, 0.15) is 56.6 Å². The number of carbonyl (C=O) groups is 4. The van der Waals surface area contributed by atoms with Crippen LogP contribution in [0.2, 0.25) is 0 Å². The summed E-state index contributed by atoms with van der Waals surface area (Å²) in [7, 11) is -4.41. The van der Waals surface area contributed by atoms with Gasteiger partial charge in [0.05, 0.1) is 10.9 Å². The zero-order valence-corrected chi connectivity index (χ0v) is 25.1. The standard InChI is InChI=1S/C30H43N5O6S/c1-22-14-16-26(17-15-22)42(40,41)35(23(2)37)28(13-7-9-19-32)30(39)34-27(20-24-10-4-3-5-11-24)29(38)33-25(21-36)12-6-8-18-31/h3-5,10-11,14-17,21,25,27-28H,6-9,12-13,18-20,31-32H2,1-2H3,(H,33,38)(H,34,39)/t25-,27-,28+/m0/s1. The van der Waals surface area contributed by atoms with E-state index in [4.69, 9.17) is 11.5 Å². The molecule has 0 radical (unpaired) electrons. The third-order valence-corrected chi connectivity index (χ3v) is 8.68. The van der Waals surface area contributed by atoms with Gasteiger partial charge >= 0.3 is 0 Å². The van der Waals surface area contributed by atoms with Gasteiger partial charge in [-0.2, -0.15) is 0 Å². The zero-order chi connectivity index (χ0) is 31.1. The summed E-state index contributed by atoms with van der Waals surface area (Å²) in [6.45, 7) is 3.65. The van der Waals surface area contributed by atoms with Gasteiger partial charge in [-0.1, -0.05) is 48.0 Å². The molecule has 0 aromatic heterocycles. The van der Waals surface area contributed by atoms with Crippen LogP contribution in [0, 0.1) is 6.92 Å². The number of rotatable bonds is 18. The van der Waals surface area contributed by atoms with E-state index in [2.05, 4.69) is 10.6 Å². The highest BCUT2D eigenvalue weighted by molar-refractivity contribution is 7.89. The van der Waals surface area contributed by atoms with Crippen molar-refractivity contribution in [1.29, 1.82) is 0 Å². The number of amides is 3. The van der Waals surface area contributed by atoms with Gasteiger partial charge in [0.2, 0.25) is 17.7 Å². The van der Waals surface area contributed by atoms with E-state index in [1.807, 2.05) is 6.07 Å². The van der Waals surface area contributed by atoms with Crippen LogP contribution in [0.5, 0.6) is 0 Å². The molecule has 0 saturated heterocycles. The maximum atomic E-state index is 13.8. The number of benzene rings is 2. The molecule has 0 fully saturated rings. The Morgan fingerprint density at radius 1 is 0.857 bits per heavy atom. The van der Waals surface area contributed by atoms with E-state index < -0.39 is 45.9 Å². The highest BCUT2D eigenvalue weighted by Crippen LogP contribution is 2.22. The van der Waals surface area contributed by atoms with Gasteiger partial charge < -0.3 is 26.9 Å². The van der Waals surface area contributed by atoms with Crippen molar-refractivity contribution in [3.8, 4) is 0 Å². The summed E-state index contributed by atoms with van der Waals surface area (Å²) in [4.78, 5) is 51.6. The second-order valence-corrected chi connectivity index (χ2v) is 12.0. The van der Waals surface area contributed by atoms with Gasteiger partial charge in [0.1, 0.15) is 18.4 Å². The molecule has 0 aliphatic carbocycles. The van der Waals surface area contributed by atoms with Crippen LogP contribution in [0.3, 0.4) is 0 Å². The average molecular weight is 602 g/mol. The van der Waals surface area contributed by atoms with E-state index in [1.165, 1.54) is 12.1 Å². The minimum absolute atomic E-state index is 0.00341. The minimum atomic E-state index is -4.41. The zero-order valence-electron chi connectivity index (χ0n) is 24.3. The lowest BCUT2D eigenvalue weighted by atomic mass is 10.0. The first-order valence-electron chi connectivity index (χ1n) is 14.2. The van der Waals surface area contributed by atoms with Gasteiger partial charge in [-0.05, 0) is 76.2 Å². The summed E-state index contributed by atoms with van der Waals surface area (Å²) in [6, 6.07) is 11.6. The summed E-state index contributed by atoms with van der Waals surface area (Å²) in [5.41, 5.74) is 12.7. The minimum Gasteiger partial charge on any atom is -0.345 e. The molecule has 0 spiro atoms. The van der Waals surface area contributed by atoms with Crippen LogP contribution in [-0.2, 0) is 35.6 Å². The van der Waals surface area contributed by atoms with E-state index in [-0.39, 0.29) is 17.7 Å². The van der Waals surface area contributed by atoms with E-state index in [9.17, 15) is 27.6 Å². The average Bonchev–Trinajstić information content (AvgIpc) is 2.96. The first-order chi connectivity index (χ1) is 20.0. The van der Waals surface area contributed by atoms with Gasteiger partial charge in [0, 0.05) is 13.3 Å². The number of aryl methyl sites for hydroxylation is 1. The van der Waals surface area contributed by atoms with E-state index in [0.717, 1.165) is 18.1 Å². The number of aldehydes is 1. The predicted octanol–water partition coefficient (Wildman–Crippen LogP) is 1.57. The maximum Gasteiger partial charge on any atom is 0.267 e. The van der Waals surface area contributed by atoms with Crippen molar-refractivity contribution in [1.82, 2.24) is 14.9 Å². The maximum absolute atomic E-state index is 13.8. The van der Waals surface area contributed by atoms with Crippen LogP contribution in [0.4, 0.5) is 0 Å². The van der Waals surface area contributed by atoms with Gasteiger partial charge in [-0.15, -0.1) is 0 Å². The highest BCUT2D eigenvalue weighted by atomic mass is 32.2. The third-order valence-electron chi connectivity index (χ3n) is 6.78. The monoisotopic (exact) mass is 601 g/mol. The second-order valence-electron chi connectivity index (χ2n) is 10.2. The SMILES string of the molecule is CC(=O)N([C@H](CCCCN)C(=O)N[C@@H](Cc1ccccc1)C(=O)N[C@H](C=O)CCCCN)S(=O)(=O)c1ccc(C)cc1. The van der Waals surface area contributed by atoms with E-state index in [0.29, 0.717) is 55.8 Å². The largest absolute Gasteiger partial charge is 0.345 e. The number of nitrogens with one attached hydrogen (secondary N) is 2. The molecule has 0 saturated carbocycles. The summed E-state index contributed by atoms with van der Waals surface area (Å²) < 4.78 is 27.9. The number of hydrogen-bond donors (Lipinski definition) is 4. The van der Waals surface area contributed by atoms with E-state index in [1.54, 1.807) is 43.3 Å². The normalized spacial score (nSPS) is 13.4. The predicted molar refractivity (Wildman–Crippen MR) is 161 cm³/mol. The lowest BCUT2D eigenvalue weighted by Gasteiger charge is -2.31. The van der Waals surface area contributed by atoms with Crippen molar-refractivity contribution < 1.29 is 27.6 Å². The number of hydrogen-bond acceptors (Lipinski definition) is 8. The Kier molecular flexibility index (Phi) is 14.3. The summed E-state index contributed by atoms with van der Waals surface area (Å²) in [5, 5.41) is 5.36. The molecule has 0 unspecified atom stereocenters. The van der Waals surface area contributed by atoms with Crippen molar-refractivity contribution in [3.05, 3.63) is 65.7 Å². The molecule has 12 heteroatoms. The Labute approximate surface area is 248 Å². The molecule has 0 bridgehead atoms. The fourth-order valence-corrected chi connectivity index (χ4v) is 6.09. The van der Waals surface area contributed by atoms with Crippen LogP contribution in [0.25, 0.3) is 0 Å². The number of nitrogens with zero attached hydrogens (tertiary/aromatic N) is 1. The molecule has 0 aliphatic heterocycles. The van der Waals surface area contributed by atoms with Crippen LogP contribution < -0.4 is 22.1 Å². The van der Waals surface area contributed by atoms with Crippen LogP contribution in [-0.4, -0.2) is 67.9 Å². The molecule has 3 atom stereocenters. The molecule has 2 aromatic carbocycles. The molecule has 2 aromatic rings. The topological polar surface area (TPSA) is 182 Å². The first kappa shape index (κ1) is 34.6.